The van der Waals surface area contributed by atoms with Gasteiger partial charge in [-0.3, -0.25) is 14.6 Å². The molecule has 2 aliphatic heterocycles. The topological polar surface area (TPSA) is 79.3 Å². The molecule has 1 fully saturated rings. The fourth-order valence-corrected chi connectivity index (χ4v) is 4.05. The van der Waals surface area contributed by atoms with E-state index in [1.54, 1.807) is 38.1 Å². The van der Waals surface area contributed by atoms with E-state index in [1.807, 2.05) is 25.1 Å². The number of hydrogen-bond donors (Lipinski definition) is 0. The van der Waals surface area contributed by atoms with Gasteiger partial charge in [0.1, 0.15) is 12.0 Å². The average Bonchev–Trinajstić information content (AvgIpc) is 3.22. The van der Waals surface area contributed by atoms with Crippen LogP contribution in [0.5, 0.6) is 0 Å². The van der Waals surface area contributed by atoms with Crippen LogP contribution in [0.4, 0.5) is 11.4 Å². The van der Waals surface area contributed by atoms with Crippen molar-refractivity contribution in [1.29, 1.82) is 0 Å². The minimum atomic E-state index is -1.05. The molecule has 0 unspecified atom stereocenters. The Kier molecular flexibility index (Phi) is 5.07. The summed E-state index contributed by atoms with van der Waals surface area (Å²) in [6, 6.07) is 11.4. The number of ether oxygens (including phenoxy) is 1. The lowest BCUT2D eigenvalue weighted by atomic mass is 9.97. The van der Waals surface area contributed by atoms with Crippen LogP contribution >= 0.6 is 11.6 Å². The van der Waals surface area contributed by atoms with Gasteiger partial charge in [-0.05, 0) is 50.1 Å². The number of benzene rings is 2. The maximum Gasteiger partial charge on any atom is 0.355 e. The second kappa shape index (κ2) is 7.57. The van der Waals surface area contributed by atoms with Crippen molar-refractivity contribution in [2.45, 2.75) is 26.8 Å². The number of rotatable bonds is 4. The van der Waals surface area contributed by atoms with Crippen LogP contribution in [0.1, 0.15) is 18.1 Å². The second-order valence-electron chi connectivity index (χ2n) is 7.16. The summed E-state index contributed by atoms with van der Waals surface area (Å²) in [5.41, 5.74) is 2.46. The number of para-hydroxylation sites is 1. The van der Waals surface area contributed by atoms with Gasteiger partial charge in [-0.25, -0.2) is 9.69 Å². The molecule has 2 heterocycles. The van der Waals surface area contributed by atoms with Crippen LogP contribution in [0.25, 0.3) is 0 Å². The maximum absolute atomic E-state index is 13.5. The van der Waals surface area contributed by atoms with Crippen molar-refractivity contribution in [3.8, 4) is 0 Å². The summed E-state index contributed by atoms with van der Waals surface area (Å²) >= 11 is 6.22. The first kappa shape index (κ1) is 20.1. The highest BCUT2D eigenvalue weighted by molar-refractivity contribution is 6.47. The molecule has 0 bridgehead atoms. The Balaban J connectivity index is 1.84. The van der Waals surface area contributed by atoms with E-state index in [0.717, 1.165) is 10.5 Å². The van der Waals surface area contributed by atoms with E-state index in [1.165, 1.54) is 5.01 Å². The molecule has 0 aromatic heterocycles. The Morgan fingerprint density at radius 1 is 1.07 bits per heavy atom. The summed E-state index contributed by atoms with van der Waals surface area (Å²) < 4.78 is 5.12. The summed E-state index contributed by atoms with van der Waals surface area (Å²) in [6.45, 7) is 5.43. The Morgan fingerprint density at radius 3 is 2.47 bits per heavy atom. The van der Waals surface area contributed by atoms with E-state index in [4.69, 9.17) is 16.3 Å². The van der Waals surface area contributed by atoms with Crippen molar-refractivity contribution >= 4 is 46.5 Å². The summed E-state index contributed by atoms with van der Waals surface area (Å²) in [4.78, 5) is 40.6. The van der Waals surface area contributed by atoms with Crippen LogP contribution in [0.2, 0.25) is 5.02 Å². The van der Waals surface area contributed by atoms with Crippen LogP contribution in [0.15, 0.2) is 47.6 Å². The number of aryl methyl sites for hydroxylation is 1. The van der Waals surface area contributed by atoms with Crippen molar-refractivity contribution in [2.75, 3.05) is 16.5 Å². The number of nitrogens with zero attached hydrogens (tertiary/aromatic N) is 3. The summed E-state index contributed by atoms with van der Waals surface area (Å²) in [5, 5.41) is 6.28. The predicted molar refractivity (Wildman–Crippen MR) is 114 cm³/mol. The number of carbonyl (C=O) groups excluding carboxylic acids is 3. The first-order valence-corrected chi connectivity index (χ1v) is 9.98. The SMILES string of the molecule is CCOC(=O)C1=NN(c2ccccc2C)[C@@H]2C(=O)N(c3cccc(Cl)c3C)C(=O)[C@H]12. The van der Waals surface area contributed by atoms with Gasteiger partial charge < -0.3 is 4.74 Å². The number of hydrogen-bond acceptors (Lipinski definition) is 6. The highest BCUT2D eigenvalue weighted by atomic mass is 35.5. The van der Waals surface area contributed by atoms with E-state index in [2.05, 4.69) is 5.10 Å². The third kappa shape index (κ3) is 2.97. The molecule has 0 spiro atoms. The molecule has 0 saturated carbocycles. The number of anilines is 2. The van der Waals surface area contributed by atoms with E-state index < -0.39 is 29.7 Å². The Bertz CT molecular complexity index is 1100. The Hall–Kier alpha value is -3.19. The number of halogens is 1. The molecule has 30 heavy (non-hydrogen) atoms. The molecule has 7 nitrogen and oxygen atoms in total. The quantitative estimate of drug-likeness (QED) is 0.555. The third-order valence-corrected chi connectivity index (χ3v) is 5.79. The largest absolute Gasteiger partial charge is 0.461 e. The molecule has 1 saturated heterocycles. The lowest BCUT2D eigenvalue weighted by Crippen LogP contribution is -2.39. The van der Waals surface area contributed by atoms with Gasteiger partial charge in [0.25, 0.3) is 5.91 Å². The highest BCUT2D eigenvalue weighted by Crippen LogP contribution is 2.40. The lowest BCUT2D eigenvalue weighted by molar-refractivity contribution is -0.136. The third-order valence-electron chi connectivity index (χ3n) is 5.38. The number of hydrazone groups is 1. The minimum Gasteiger partial charge on any atom is -0.461 e. The minimum absolute atomic E-state index is 0.0642. The van der Waals surface area contributed by atoms with Gasteiger partial charge in [0, 0.05) is 5.02 Å². The summed E-state index contributed by atoms with van der Waals surface area (Å²) in [7, 11) is 0. The number of carbonyl (C=O) groups is 3. The normalized spacial score (nSPS) is 20.5. The standard InChI is InChI=1S/C22H20ClN3O4/c1-4-30-22(29)18-17-19(26(24-18)15-10-6-5-8-12(15)2)21(28)25(20(17)27)16-11-7-9-14(23)13(16)3/h5-11,17,19H,4H2,1-3H3/t17-,19+/m1/s1. The molecule has 0 radical (unpaired) electrons. The molecular weight excluding hydrogens is 406 g/mol. The van der Waals surface area contributed by atoms with Crippen LogP contribution in [0, 0.1) is 19.8 Å². The molecule has 4 rings (SSSR count). The number of amides is 2. The lowest BCUT2D eigenvalue weighted by Gasteiger charge is -2.24. The molecule has 2 aromatic rings. The number of fused-ring (bicyclic) bond motifs is 1. The molecular formula is C22H20ClN3O4. The van der Waals surface area contributed by atoms with Crippen molar-refractivity contribution in [2.24, 2.45) is 11.0 Å². The Morgan fingerprint density at radius 2 is 1.77 bits per heavy atom. The van der Waals surface area contributed by atoms with Crippen LogP contribution in [0.3, 0.4) is 0 Å². The fourth-order valence-electron chi connectivity index (χ4n) is 3.88. The van der Waals surface area contributed by atoms with Gasteiger partial charge in [0.05, 0.1) is 18.0 Å². The van der Waals surface area contributed by atoms with Crippen LogP contribution < -0.4 is 9.91 Å². The first-order chi connectivity index (χ1) is 14.4. The van der Waals surface area contributed by atoms with Gasteiger partial charge in [-0.2, -0.15) is 5.10 Å². The molecule has 2 aromatic carbocycles. The van der Waals surface area contributed by atoms with E-state index in [9.17, 15) is 14.4 Å². The van der Waals surface area contributed by atoms with E-state index >= 15 is 0 Å². The Labute approximate surface area is 178 Å². The van der Waals surface area contributed by atoms with E-state index in [0.29, 0.717) is 22.0 Å². The zero-order valence-electron chi connectivity index (χ0n) is 16.8. The zero-order chi connectivity index (χ0) is 21.6. The number of imide groups is 1. The van der Waals surface area contributed by atoms with Gasteiger partial charge in [0.2, 0.25) is 5.91 Å². The number of esters is 1. The predicted octanol–water partition coefficient (Wildman–Crippen LogP) is 3.25. The fraction of sp³-hybridized carbons (Fsp3) is 0.273. The molecule has 0 aliphatic carbocycles. The van der Waals surface area contributed by atoms with Crippen LogP contribution in [-0.4, -0.2) is 36.1 Å². The molecule has 2 aliphatic rings. The maximum atomic E-state index is 13.5. The molecule has 0 N–H and O–H groups in total. The molecule has 8 heteroatoms. The van der Waals surface area contributed by atoms with Gasteiger partial charge >= 0.3 is 5.97 Å². The van der Waals surface area contributed by atoms with Gasteiger partial charge in [-0.15, -0.1) is 0 Å². The summed E-state index contributed by atoms with van der Waals surface area (Å²) in [6.07, 6.45) is 0. The molecule has 154 valence electrons. The highest BCUT2D eigenvalue weighted by Gasteiger charge is 2.59. The molecule has 2 atom stereocenters. The monoisotopic (exact) mass is 425 g/mol. The van der Waals surface area contributed by atoms with Crippen molar-refractivity contribution < 1.29 is 19.1 Å². The molecule has 2 amide bonds. The van der Waals surface area contributed by atoms with E-state index in [-0.39, 0.29) is 12.3 Å². The van der Waals surface area contributed by atoms with Crippen molar-refractivity contribution in [3.05, 3.63) is 58.6 Å². The second-order valence-corrected chi connectivity index (χ2v) is 7.56. The van der Waals surface area contributed by atoms with Crippen LogP contribution in [-0.2, 0) is 19.1 Å². The first-order valence-electron chi connectivity index (χ1n) is 9.60. The van der Waals surface area contributed by atoms with Gasteiger partial charge in [0.15, 0.2) is 5.71 Å². The van der Waals surface area contributed by atoms with Gasteiger partial charge in [-0.1, -0.05) is 35.9 Å². The zero-order valence-corrected chi connectivity index (χ0v) is 17.5. The summed E-state index contributed by atoms with van der Waals surface area (Å²) in [5.74, 6) is -2.72. The average molecular weight is 426 g/mol. The van der Waals surface area contributed by atoms with Crippen molar-refractivity contribution in [1.82, 2.24) is 0 Å². The van der Waals surface area contributed by atoms with Crippen molar-refractivity contribution in [3.63, 3.8) is 0 Å². The smallest absolute Gasteiger partial charge is 0.355 e.